The Morgan fingerprint density at radius 3 is 2.63 bits per heavy atom. The second kappa shape index (κ2) is 7.30. The van der Waals surface area contributed by atoms with Gasteiger partial charge < -0.3 is 15.2 Å². The number of H-pyrrole nitrogens is 1. The lowest BCUT2D eigenvalue weighted by Crippen LogP contribution is -2.43. The lowest BCUT2D eigenvalue weighted by Gasteiger charge is -2.37. The highest BCUT2D eigenvalue weighted by atomic mass is 16.4. The molecule has 1 saturated carbocycles. The molecule has 1 amide bonds. The molecular weight excluding hydrogens is 350 g/mol. The fourth-order valence-corrected chi connectivity index (χ4v) is 3.97. The number of hydrogen-bond donors (Lipinski definition) is 3. The van der Waals surface area contributed by atoms with Crippen molar-refractivity contribution in [1.82, 2.24) is 24.6 Å². The molecule has 3 rings (SSSR count). The van der Waals surface area contributed by atoms with Gasteiger partial charge in [0.05, 0.1) is 24.9 Å². The van der Waals surface area contributed by atoms with Crippen LogP contribution in [-0.4, -0.2) is 54.1 Å². The van der Waals surface area contributed by atoms with Crippen molar-refractivity contribution >= 4 is 17.1 Å². The third-order valence-corrected chi connectivity index (χ3v) is 5.13. The highest BCUT2D eigenvalue weighted by Gasteiger charge is 2.37. The van der Waals surface area contributed by atoms with Gasteiger partial charge in [0.15, 0.2) is 5.65 Å². The van der Waals surface area contributed by atoms with E-state index >= 15 is 0 Å². The van der Waals surface area contributed by atoms with Crippen molar-refractivity contribution in [2.45, 2.75) is 58.5 Å². The van der Waals surface area contributed by atoms with Gasteiger partial charge in [-0.1, -0.05) is 33.6 Å². The highest BCUT2D eigenvalue weighted by Crippen LogP contribution is 2.37. The number of rotatable bonds is 5. The first kappa shape index (κ1) is 19.3. The Kier molecular flexibility index (Phi) is 5.23. The van der Waals surface area contributed by atoms with Crippen LogP contribution < -0.4 is 5.56 Å². The Bertz CT molecular complexity index is 876. The van der Waals surface area contributed by atoms with Gasteiger partial charge in [-0.15, -0.1) is 0 Å². The van der Waals surface area contributed by atoms with Crippen LogP contribution in [0.4, 0.5) is 4.79 Å². The van der Waals surface area contributed by atoms with Crippen LogP contribution in [0.25, 0.3) is 11.0 Å². The molecule has 1 aliphatic rings. The minimum Gasteiger partial charge on any atom is -0.465 e. The second-order valence-corrected chi connectivity index (χ2v) is 8.18. The van der Waals surface area contributed by atoms with Gasteiger partial charge in [-0.3, -0.25) is 9.69 Å². The van der Waals surface area contributed by atoms with Crippen LogP contribution in [0, 0.1) is 5.41 Å². The number of hydrogen-bond acceptors (Lipinski definition) is 5. The van der Waals surface area contributed by atoms with Crippen molar-refractivity contribution in [3.8, 4) is 0 Å². The normalized spacial score (nSPS) is 16.7. The van der Waals surface area contributed by atoms with Crippen molar-refractivity contribution in [2.24, 2.45) is 5.41 Å². The number of nitrogens with one attached hydrogen (secondary N) is 1. The minimum atomic E-state index is -1.17. The zero-order chi connectivity index (χ0) is 19.8. The standard InChI is InChI=1S/C18H27N5O4/c1-18(2,3)13(22(8-9-24)17(26)27)14-20-15-12(16(25)21-14)10-19-23(15)11-6-4-5-7-11/h10-11,13,24H,4-9H2,1-3H3,(H,26,27)(H,20,21,25). The summed E-state index contributed by atoms with van der Waals surface area (Å²) in [5, 5.41) is 23.7. The average Bonchev–Trinajstić information content (AvgIpc) is 3.21. The van der Waals surface area contributed by atoms with E-state index in [1.807, 2.05) is 20.8 Å². The van der Waals surface area contributed by atoms with Gasteiger partial charge in [-0.25, -0.2) is 14.5 Å². The molecule has 0 spiro atoms. The number of fused-ring (bicyclic) bond motifs is 1. The quantitative estimate of drug-likeness (QED) is 0.734. The summed E-state index contributed by atoms with van der Waals surface area (Å²) in [4.78, 5) is 33.0. The Morgan fingerprint density at radius 2 is 2.07 bits per heavy atom. The SMILES string of the molecule is CC(C)(C)C(c1nc2c(cnn2C2CCCC2)c(=O)[nH]1)N(CCO)C(=O)O. The Morgan fingerprint density at radius 1 is 1.41 bits per heavy atom. The van der Waals surface area contributed by atoms with E-state index in [2.05, 4.69) is 15.1 Å². The summed E-state index contributed by atoms with van der Waals surface area (Å²) in [5.41, 5.74) is -0.387. The molecule has 2 heterocycles. The number of aromatic nitrogens is 4. The molecule has 0 saturated heterocycles. The lowest BCUT2D eigenvalue weighted by atomic mass is 9.85. The fourth-order valence-electron chi connectivity index (χ4n) is 3.97. The molecule has 1 fully saturated rings. The first-order valence-electron chi connectivity index (χ1n) is 9.32. The topological polar surface area (TPSA) is 124 Å². The third-order valence-electron chi connectivity index (χ3n) is 5.13. The summed E-state index contributed by atoms with van der Waals surface area (Å²) in [6.45, 7) is 5.25. The maximum absolute atomic E-state index is 12.6. The van der Waals surface area contributed by atoms with E-state index in [9.17, 15) is 19.8 Å². The van der Waals surface area contributed by atoms with Crippen molar-refractivity contribution in [1.29, 1.82) is 0 Å². The van der Waals surface area contributed by atoms with Gasteiger partial charge in [-0.05, 0) is 18.3 Å². The summed E-state index contributed by atoms with van der Waals surface area (Å²) in [6.07, 6.45) is 4.59. The Labute approximate surface area is 157 Å². The van der Waals surface area contributed by atoms with Crippen LogP contribution in [0.2, 0.25) is 0 Å². The van der Waals surface area contributed by atoms with E-state index in [-0.39, 0.29) is 30.6 Å². The summed E-state index contributed by atoms with van der Waals surface area (Å²) in [5.74, 6) is 0.274. The van der Waals surface area contributed by atoms with Crippen LogP contribution >= 0.6 is 0 Å². The number of amides is 1. The smallest absolute Gasteiger partial charge is 0.408 e. The van der Waals surface area contributed by atoms with Crippen molar-refractivity contribution in [3.05, 3.63) is 22.4 Å². The Hall–Kier alpha value is -2.42. The molecular formula is C18H27N5O4. The number of aliphatic hydroxyl groups is 1. The number of nitrogens with zero attached hydrogens (tertiary/aromatic N) is 4. The molecule has 27 heavy (non-hydrogen) atoms. The molecule has 0 aliphatic heterocycles. The summed E-state index contributed by atoms with van der Waals surface area (Å²) in [6, 6.07) is -0.503. The van der Waals surface area contributed by atoms with E-state index in [4.69, 9.17) is 0 Å². The molecule has 1 aliphatic carbocycles. The van der Waals surface area contributed by atoms with Gasteiger partial charge in [0, 0.05) is 6.54 Å². The van der Waals surface area contributed by atoms with Gasteiger partial charge in [0.2, 0.25) is 0 Å². The van der Waals surface area contributed by atoms with Gasteiger partial charge >= 0.3 is 6.09 Å². The number of aromatic amines is 1. The minimum absolute atomic E-state index is 0.0685. The molecule has 148 valence electrons. The molecule has 3 N–H and O–H groups in total. The van der Waals surface area contributed by atoms with Crippen molar-refractivity contribution in [2.75, 3.05) is 13.2 Å². The van der Waals surface area contributed by atoms with Crippen LogP contribution in [0.15, 0.2) is 11.0 Å². The summed E-state index contributed by atoms with van der Waals surface area (Å²) in [7, 11) is 0. The molecule has 2 aromatic heterocycles. The molecule has 1 atom stereocenters. The van der Waals surface area contributed by atoms with Gasteiger partial charge in [-0.2, -0.15) is 5.10 Å². The summed E-state index contributed by atoms with van der Waals surface area (Å²) < 4.78 is 1.80. The highest BCUT2D eigenvalue weighted by molar-refractivity contribution is 5.73. The maximum atomic E-state index is 12.6. The Balaban J connectivity index is 2.15. The van der Waals surface area contributed by atoms with Gasteiger partial charge in [0.1, 0.15) is 11.2 Å². The van der Waals surface area contributed by atoms with Crippen LogP contribution in [0.5, 0.6) is 0 Å². The van der Waals surface area contributed by atoms with Crippen LogP contribution in [0.3, 0.4) is 0 Å². The molecule has 2 aromatic rings. The molecule has 1 unspecified atom stereocenters. The van der Waals surface area contributed by atoms with E-state index in [0.717, 1.165) is 30.6 Å². The van der Waals surface area contributed by atoms with Crippen molar-refractivity contribution in [3.63, 3.8) is 0 Å². The van der Waals surface area contributed by atoms with E-state index in [1.165, 1.54) is 6.20 Å². The molecule has 0 aromatic carbocycles. The predicted molar refractivity (Wildman–Crippen MR) is 99.7 cm³/mol. The molecule has 0 radical (unpaired) electrons. The first-order valence-corrected chi connectivity index (χ1v) is 9.32. The zero-order valence-electron chi connectivity index (χ0n) is 16.0. The third kappa shape index (κ3) is 3.69. The number of carboxylic acid groups (broad SMARTS) is 1. The van der Waals surface area contributed by atoms with Crippen LogP contribution in [-0.2, 0) is 0 Å². The van der Waals surface area contributed by atoms with E-state index in [1.54, 1.807) is 4.68 Å². The van der Waals surface area contributed by atoms with E-state index < -0.39 is 17.6 Å². The molecule has 0 bridgehead atoms. The zero-order valence-corrected chi connectivity index (χ0v) is 16.0. The van der Waals surface area contributed by atoms with Crippen LogP contribution in [0.1, 0.15) is 64.4 Å². The van der Waals surface area contributed by atoms with Gasteiger partial charge in [0.25, 0.3) is 5.56 Å². The predicted octanol–water partition coefficient (Wildman–Crippen LogP) is 2.29. The van der Waals surface area contributed by atoms with Crippen molar-refractivity contribution < 1.29 is 15.0 Å². The number of carbonyl (C=O) groups is 1. The molecule has 9 heteroatoms. The average molecular weight is 377 g/mol. The maximum Gasteiger partial charge on any atom is 0.408 e. The largest absolute Gasteiger partial charge is 0.465 e. The molecule has 9 nitrogen and oxygen atoms in total. The monoisotopic (exact) mass is 377 g/mol. The number of aliphatic hydroxyl groups excluding tert-OH is 1. The van der Waals surface area contributed by atoms with E-state index in [0.29, 0.717) is 11.0 Å². The first-order chi connectivity index (χ1) is 12.7. The lowest BCUT2D eigenvalue weighted by molar-refractivity contribution is 0.0654. The fraction of sp³-hybridized carbons (Fsp3) is 0.667. The second-order valence-electron chi connectivity index (χ2n) is 8.18. The summed E-state index contributed by atoms with van der Waals surface area (Å²) >= 11 is 0.